The zero-order valence-corrected chi connectivity index (χ0v) is 12.0. The molecule has 0 aliphatic heterocycles. The molecule has 1 amide bonds. The minimum Gasteiger partial charge on any atom is -0.322 e. The molecule has 0 unspecified atom stereocenters. The number of rotatable bonds is 2. The van der Waals surface area contributed by atoms with Crippen LogP contribution in [0, 0.1) is 0 Å². The first-order valence-corrected chi connectivity index (χ1v) is 7.20. The molecule has 2 aromatic carbocycles. The van der Waals surface area contributed by atoms with E-state index in [2.05, 4.69) is 27.3 Å². The summed E-state index contributed by atoms with van der Waals surface area (Å²) in [6.07, 6.45) is 3.44. The Hall–Kier alpha value is -1.61. The number of carbonyl (C=O) groups excluding carboxylic acids is 1. The highest BCUT2D eigenvalue weighted by molar-refractivity contribution is 9.10. The number of fused-ring (bicyclic) bond motifs is 1. The normalized spacial score (nSPS) is 13.1. The Labute approximate surface area is 121 Å². The van der Waals surface area contributed by atoms with E-state index >= 15 is 0 Å². The fourth-order valence-corrected chi connectivity index (χ4v) is 2.71. The molecule has 0 saturated heterocycles. The van der Waals surface area contributed by atoms with Crippen LogP contribution < -0.4 is 5.32 Å². The first-order valence-electron chi connectivity index (χ1n) is 6.41. The average Bonchev–Trinajstić information content (AvgIpc) is 2.88. The van der Waals surface area contributed by atoms with E-state index in [1.165, 1.54) is 17.5 Å². The van der Waals surface area contributed by atoms with Crippen LogP contribution in [-0.4, -0.2) is 5.91 Å². The molecular formula is C16H14BrNO. The van der Waals surface area contributed by atoms with Gasteiger partial charge in [0.15, 0.2) is 0 Å². The van der Waals surface area contributed by atoms with Gasteiger partial charge in [0.1, 0.15) is 0 Å². The molecule has 0 radical (unpaired) electrons. The van der Waals surface area contributed by atoms with Crippen molar-refractivity contribution in [1.29, 1.82) is 0 Å². The summed E-state index contributed by atoms with van der Waals surface area (Å²) in [6.45, 7) is 0. The SMILES string of the molecule is O=C(Nc1ccc(Br)cc1)c1ccc2c(c1)CCC2. The van der Waals surface area contributed by atoms with Crippen LogP contribution in [0.5, 0.6) is 0 Å². The highest BCUT2D eigenvalue weighted by atomic mass is 79.9. The number of carbonyl (C=O) groups is 1. The molecule has 1 N–H and O–H groups in total. The Morgan fingerprint density at radius 3 is 2.53 bits per heavy atom. The van der Waals surface area contributed by atoms with Crippen molar-refractivity contribution in [2.24, 2.45) is 0 Å². The number of nitrogens with one attached hydrogen (secondary N) is 1. The number of hydrogen-bond donors (Lipinski definition) is 1. The molecule has 96 valence electrons. The van der Waals surface area contributed by atoms with Gasteiger partial charge in [0, 0.05) is 15.7 Å². The molecule has 3 rings (SSSR count). The second kappa shape index (κ2) is 5.17. The number of benzene rings is 2. The topological polar surface area (TPSA) is 29.1 Å². The monoisotopic (exact) mass is 315 g/mol. The minimum absolute atomic E-state index is 0.0444. The molecule has 0 aromatic heterocycles. The molecule has 0 fully saturated rings. The van der Waals surface area contributed by atoms with Crippen molar-refractivity contribution in [3.8, 4) is 0 Å². The van der Waals surface area contributed by atoms with Crippen molar-refractivity contribution in [3.05, 3.63) is 63.6 Å². The highest BCUT2D eigenvalue weighted by Gasteiger charge is 2.13. The van der Waals surface area contributed by atoms with Gasteiger partial charge in [0.05, 0.1) is 0 Å². The second-order valence-electron chi connectivity index (χ2n) is 4.80. The first-order chi connectivity index (χ1) is 9.22. The number of aryl methyl sites for hydroxylation is 2. The van der Waals surface area contributed by atoms with Crippen LogP contribution in [0.2, 0.25) is 0 Å². The number of hydrogen-bond acceptors (Lipinski definition) is 1. The van der Waals surface area contributed by atoms with E-state index in [4.69, 9.17) is 0 Å². The third kappa shape index (κ3) is 2.71. The molecule has 2 aromatic rings. The van der Waals surface area contributed by atoms with Crippen molar-refractivity contribution < 1.29 is 4.79 Å². The van der Waals surface area contributed by atoms with Gasteiger partial charge in [0.25, 0.3) is 5.91 Å². The van der Waals surface area contributed by atoms with E-state index in [1.54, 1.807) is 0 Å². The van der Waals surface area contributed by atoms with Gasteiger partial charge in [-0.25, -0.2) is 0 Å². The van der Waals surface area contributed by atoms with Crippen LogP contribution in [0.25, 0.3) is 0 Å². The molecule has 0 heterocycles. The lowest BCUT2D eigenvalue weighted by atomic mass is 10.1. The summed E-state index contributed by atoms with van der Waals surface area (Å²) in [5.74, 6) is -0.0444. The predicted molar refractivity (Wildman–Crippen MR) is 80.6 cm³/mol. The van der Waals surface area contributed by atoms with E-state index < -0.39 is 0 Å². The van der Waals surface area contributed by atoms with E-state index in [-0.39, 0.29) is 5.91 Å². The van der Waals surface area contributed by atoms with Crippen molar-refractivity contribution in [3.63, 3.8) is 0 Å². The average molecular weight is 316 g/mol. The molecule has 0 bridgehead atoms. The van der Waals surface area contributed by atoms with Crippen molar-refractivity contribution >= 4 is 27.5 Å². The third-order valence-corrected chi connectivity index (χ3v) is 3.99. The maximum Gasteiger partial charge on any atom is 0.255 e. The fourth-order valence-electron chi connectivity index (χ4n) is 2.45. The van der Waals surface area contributed by atoms with Gasteiger partial charge in [-0.2, -0.15) is 0 Å². The van der Waals surface area contributed by atoms with Crippen LogP contribution in [0.1, 0.15) is 27.9 Å². The van der Waals surface area contributed by atoms with Gasteiger partial charge in [-0.3, -0.25) is 4.79 Å². The quantitative estimate of drug-likeness (QED) is 0.884. The van der Waals surface area contributed by atoms with E-state index in [9.17, 15) is 4.79 Å². The Bertz CT molecular complexity index is 619. The van der Waals surface area contributed by atoms with Crippen molar-refractivity contribution in [2.75, 3.05) is 5.32 Å². The molecular weight excluding hydrogens is 302 g/mol. The summed E-state index contributed by atoms with van der Waals surface area (Å²) in [5, 5.41) is 2.92. The van der Waals surface area contributed by atoms with Crippen LogP contribution in [0.4, 0.5) is 5.69 Å². The van der Waals surface area contributed by atoms with E-state index in [1.807, 2.05) is 36.4 Å². The molecule has 19 heavy (non-hydrogen) atoms. The van der Waals surface area contributed by atoms with Gasteiger partial charge in [0.2, 0.25) is 0 Å². The Kier molecular flexibility index (Phi) is 3.38. The maximum atomic E-state index is 12.2. The number of anilines is 1. The molecule has 1 aliphatic carbocycles. The third-order valence-electron chi connectivity index (χ3n) is 3.46. The van der Waals surface area contributed by atoms with E-state index in [0.717, 1.165) is 28.6 Å². The van der Waals surface area contributed by atoms with Crippen LogP contribution >= 0.6 is 15.9 Å². The first kappa shape index (κ1) is 12.4. The van der Waals surface area contributed by atoms with Gasteiger partial charge in [-0.05, 0) is 66.8 Å². The zero-order valence-electron chi connectivity index (χ0n) is 10.4. The summed E-state index contributed by atoms with van der Waals surface area (Å²) in [5.41, 5.74) is 4.26. The predicted octanol–water partition coefficient (Wildman–Crippen LogP) is 4.19. The summed E-state index contributed by atoms with van der Waals surface area (Å²) in [4.78, 5) is 12.2. The van der Waals surface area contributed by atoms with Gasteiger partial charge < -0.3 is 5.32 Å². The molecule has 0 saturated carbocycles. The van der Waals surface area contributed by atoms with Gasteiger partial charge >= 0.3 is 0 Å². The van der Waals surface area contributed by atoms with Crippen LogP contribution in [0.15, 0.2) is 46.9 Å². The molecule has 3 heteroatoms. The standard InChI is InChI=1S/C16H14BrNO/c17-14-6-8-15(9-7-14)18-16(19)13-5-4-11-2-1-3-12(11)10-13/h4-10H,1-3H2,(H,18,19). The molecule has 1 aliphatic rings. The van der Waals surface area contributed by atoms with Crippen LogP contribution in [0.3, 0.4) is 0 Å². The summed E-state index contributed by atoms with van der Waals surface area (Å²) >= 11 is 3.38. The summed E-state index contributed by atoms with van der Waals surface area (Å²) in [6, 6.07) is 13.6. The maximum absolute atomic E-state index is 12.2. The lowest BCUT2D eigenvalue weighted by molar-refractivity contribution is 0.102. The molecule has 0 atom stereocenters. The Morgan fingerprint density at radius 1 is 1.00 bits per heavy atom. The number of amides is 1. The highest BCUT2D eigenvalue weighted by Crippen LogP contribution is 2.23. The van der Waals surface area contributed by atoms with Gasteiger partial charge in [-0.1, -0.05) is 22.0 Å². The van der Waals surface area contributed by atoms with Gasteiger partial charge in [-0.15, -0.1) is 0 Å². The lowest BCUT2D eigenvalue weighted by Gasteiger charge is -2.07. The Balaban J connectivity index is 1.78. The number of halogens is 1. The van der Waals surface area contributed by atoms with Crippen LogP contribution in [-0.2, 0) is 12.8 Å². The lowest BCUT2D eigenvalue weighted by Crippen LogP contribution is -2.12. The largest absolute Gasteiger partial charge is 0.322 e. The minimum atomic E-state index is -0.0444. The second-order valence-corrected chi connectivity index (χ2v) is 5.71. The zero-order chi connectivity index (χ0) is 13.2. The molecule has 0 spiro atoms. The molecule has 2 nitrogen and oxygen atoms in total. The van der Waals surface area contributed by atoms with Crippen molar-refractivity contribution in [2.45, 2.75) is 19.3 Å². The fraction of sp³-hybridized carbons (Fsp3) is 0.188. The Morgan fingerprint density at radius 2 is 1.74 bits per heavy atom. The smallest absolute Gasteiger partial charge is 0.255 e. The van der Waals surface area contributed by atoms with E-state index in [0.29, 0.717) is 0 Å². The summed E-state index contributed by atoms with van der Waals surface area (Å²) < 4.78 is 1.00. The van der Waals surface area contributed by atoms with Crippen molar-refractivity contribution in [1.82, 2.24) is 0 Å². The summed E-state index contributed by atoms with van der Waals surface area (Å²) in [7, 11) is 0.